The molecule has 0 bridgehead atoms. The summed E-state index contributed by atoms with van der Waals surface area (Å²) in [6.07, 6.45) is -7.51. The first kappa shape index (κ1) is 21.4. The van der Waals surface area contributed by atoms with Gasteiger partial charge in [0.2, 0.25) is 5.82 Å². The number of hydrogen-bond acceptors (Lipinski definition) is 6. The zero-order valence-electron chi connectivity index (χ0n) is 15.3. The van der Waals surface area contributed by atoms with Gasteiger partial charge in [0.15, 0.2) is 12.3 Å². The molecule has 0 aliphatic rings. The van der Waals surface area contributed by atoms with E-state index in [0.29, 0.717) is 11.1 Å². The normalized spacial score (nSPS) is 12.2. The summed E-state index contributed by atoms with van der Waals surface area (Å²) in [5, 5.41) is 7.05. The van der Waals surface area contributed by atoms with Gasteiger partial charge >= 0.3 is 18.4 Å². The Hall–Kier alpha value is -3.28. The van der Waals surface area contributed by atoms with Gasteiger partial charge in [-0.2, -0.15) is 8.78 Å². The highest BCUT2D eigenvalue weighted by Crippen LogP contribution is 2.30. The number of alkyl halides is 5. The molecule has 0 radical (unpaired) electrons. The third kappa shape index (κ3) is 5.00. The number of aromatic nitrogens is 3. The number of rotatable bonds is 7. The van der Waals surface area contributed by atoms with E-state index in [4.69, 9.17) is 0 Å². The zero-order chi connectivity index (χ0) is 21.9. The predicted molar refractivity (Wildman–Crippen MR) is 91.6 cm³/mol. The molecule has 30 heavy (non-hydrogen) atoms. The summed E-state index contributed by atoms with van der Waals surface area (Å²) >= 11 is 0. The molecule has 12 heteroatoms. The Balaban J connectivity index is 1.86. The average Bonchev–Trinajstić information content (AvgIpc) is 3.10. The molecular formula is C18H14F5N3O4. The molecular weight excluding hydrogens is 417 g/mol. The molecule has 0 amide bonds. The van der Waals surface area contributed by atoms with Crippen molar-refractivity contribution in [3.05, 3.63) is 48.4 Å². The lowest BCUT2D eigenvalue weighted by Gasteiger charge is -2.15. The van der Waals surface area contributed by atoms with E-state index in [0.717, 1.165) is 16.5 Å². The highest BCUT2D eigenvalue weighted by Gasteiger charge is 2.39. The maximum Gasteiger partial charge on any atom is 0.573 e. The number of carbonyl (C=O) groups excluding carboxylic acids is 1. The number of fused-ring (bicyclic) bond motifs is 1. The summed E-state index contributed by atoms with van der Waals surface area (Å²) in [4.78, 5) is 11.3. The molecule has 0 N–H and O–H groups in total. The van der Waals surface area contributed by atoms with Crippen LogP contribution >= 0.6 is 0 Å². The lowest BCUT2D eigenvalue weighted by molar-refractivity contribution is -0.274. The first-order valence-corrected chi connectivity index (χ1v) is 8.48. The molecule has 0 spiro atoms. The van der Waals surface area contributed by atoms with Gasteiger partial charge in [-0.15, -0.1) is 23.4 Å². The number of carbonyl (C=O) groups is 1. The van der Waals surface area contributed by atoms with E-state index in [9.17, 15) is 26.7 Å². The van der Waals surface area contributed by atoms with Crippen molar-refractivity contribution >= 4 is 11.6 Å². The summed E-state index contributed by atoms with van der Waals surface area (Å²) in [5.74, 6) is -2.26. The number of pyridine rings is 1. The fourth-order valence-corrected chi connectivity index (χ4v) is 2.53. The van der Waals surface area contributed by atoms with Crippen LogP contribution in [0, 0.1) is 0 Å². The average molecular weight is 431 g/mol. The van der Waals surface area contributed by atoms with E-state index < -0.39 is 36.6 Å². The van der Waals surface area contributed by atoms with Crippen LogP contribution in [0.15, 0.2) is 42.6 Å². The number of esters is 1. The van der Waals surface area contributed by atoms with Gasteiger partial charge in [0.05, 0.1) is 6.61 Å². The van der Waals surface area contributed by atoms with Crippen molar-refractivity contribution in [2.75, 3.05) is 13.2 Å². The maximum absolute atomic E-state index is 14.4. The molecule has 2 heterocycles. The molecule has 0 saturated heterocycles. The number of hydrogen-bond donors (Lipinski definition) is 0. The van der Waals surface area contributed by atoms with Crippen LogP contribution < -0.4 is 4.74 Å². The number of benzene rings is 1. The van der Waals surface area contributed by atoms with E-state index in [2.05, 4.69) is 24.4 Å². The smallest absolute Gasteiger partial charge is 0.464 e. The van der Waals surface area contributed by atoms with Crippen LogP contribution in [-0.2, 0) is 20.4 Å². The monoisotopic (exact) mass is 431 g/mol. The summed E-state index contributed by atoms with van der Waals surface area (Å²) in [6.45, 7) is 0.541. The SMILES string of the molecule is CCOC(=O)COC(F)(F)c1nnc2ccc(-c3ccc(OC(F)(F)F)cc3)cn12. The van der Waals surface area contributed by atoms with Crippen molar-refractivity contribution in [1.82, 2.24) is 14.6 Å². The van der Waals surface area contributed by atoms with Gasteiger partial charge < -0.3 is 14.2 Å². The largest absolute Gasteiger partial charge is 0.573 e. The van der Waals surface area contributed by atoms with Gasteiger partial charge in [0, 0.05) is 6.20 Å². The van der Waals surface area contributed by atoms with E-state index in [1.165, 1.54) is 37.4 Å². The van der Waals surface area contributed by atoms with Gasteiger partial charge in [0.1, 0.15) is 5.75 Å². The Morgan fingerprint density at radius 3 is 2.30 bits per heavy atom. The van der Waals surface area contributed by atoms with Crippen molar-refractivity contribution in [2.24, 2.45) is 0 Å². The van der Waals surface area contributed by atoms with E-state index in [1.807, 2.05) is 0 Å². The maximum atomic E-state index is 14.4. The fourth-order valence-electron chi connectivity index (χ4n) is 2.53. The second kappa shape index (κ2) is 8.22. The highest BCUT2D eigenvalue weighted by molar-refractivity contribution is 5.70. The molecule has 7 nitrogen and oxygen atoms in total. The molecule has 3 aromatic rings. The standard InChI is InChI=1S/C18H14F5N3O4/c1-2-28-15(27)10-29-17(19,20)16-25-24-14-8-5-12(9-26(14)16)11-3-6-13(7-4-11)30-18(21,22)23/h3-9H,2,10H2,1H3. The lowest BCUT2D eigenvalue weighted by Crippen LogP contribution is -2.26. The van der Waals surface area contributed by atoms with Gasteiger partial charge in [-0.3, -0.25) is 4.40 Å². The second-order valence-electron chi connectivity index (χ2n) is 5.85. The van der Waals surface area contributed by atoms with Crippen molar-refractivity contribution in [2.45, 2.75) is 19.4 Å². The minimum Gasteiger partial charge on any atom is -0.464 e. The second-order valence-corrected chi connectivity index (χ2v) is 5.85. The molecule has 0 unspecified atom stereocenters. The van der Waals surface area contributed by atoms with Crippen LogP contribution in [-0.4, -0.2) is 40.1 Å². The zero-order valence-corrected chi connectivity index (χ0v) is 15.3. The van der Waals surface area contributed by atoms with Gasteiger partial charge in [-0.05, 0) is 42.3 Å². The minimum atomic E-state index is -4.83. The topological polar surface area (TPSA) is 75.0 Å². The first-order chi connectivity index (χ1) is 14.1. The van der Waals surface area contributed by atoms with E-state index in [-0.39, 0.29) is 12.3 Å². The highest BCUT2D eigenvalue weighted by atomic mass is 19.4. The van der Waals surface area contributed by atoms with Crippen LogP contribution in [0.2, 0.25) is 0 Å². The van der Waals surface area contributed by atoms with E-state index in [1.54, 1.807) is 0 Å². The molecule has 0 aliphatic carbocycles. The van der Waals surface area contributed by atoms with Crippen LogP contribution in [0.5, 0.6) is 5.75 Å². The Kier molecular flexibility index (Phi) is 5.87. The van der Waals surface area contributed by atoms with Crippen molar-refractivity contribution in [1.29, 1.82) is 0 Å². The molecule has 3 rings (SSSR count). The number of halogens is 5. The van der Waals surface area contributed by atoms with Crippen molar-refractivity contribution in [3.63, 3.8) is 0 Å². The van der Waals surface area contributed by atoms with Gasteiger partial charge in [-0.1, -0.05) is 12.1 Å². The Labute approximate surface area is 166 Å². The third-order valence-corrected chi connectivity index (χ3v) is 3.76. The molecule has 0 fully saturated rings. The quantitative estimate of drug-likeness (QED) is 0.417. The summed E-state index contributed by atoms with van der Waals surface area (Å²) < 4.78 is 79.2. The summed E-state index contributed by atoms with van der Waals surface area (Å²) in [7, 11) is 0. The Morgan fingerprint density at radius 2 is 1.67 bits per heavy atom. The molecule has 160 valence electrons. The molecule has 0 atom stereocenters. The van der Waals surface area contributed by atoms with Crippen molar-refractivity contribution in [3.8, 4) is 16.9 Å². The fraction of sp³-hybridized carbons (Fsp3) is 0.278. The van der Waals surface area contributed by atoms with Crippen LogP contribution in [0.1, 0.15) is 12.7 Å². The Bertz CT molecular complexity index is 1030. The summed E-state index contributed by atoms with van der Waals surface area (Å²) in [5.41, 5.74) is 0.898. The van der Waals surface area contributed by atoms with E-state index >= 15 is 0 Å². The third-order valence-electron chi connectivity index (χ3n) is 3.76. The van der Waals surface area contributed by atoms with Gasteiger partial charge in [-0.25, -0.2) is 4.79 Å². The van der Waals surface area contributed by atoms with Gasteiger partial charge in [0.25, 0.3) is 0 Å². The van der Waals surface area contributed by atoms with Crippen LogP contribution in [0.25, 0.3) is 16.8 Å². The number of nitrogens with zero attached hydrogens (tertiary/aromatic N) is 3. The molecule has 1 aromatic carbocycles. The molecule has 2 aromatic heterocycles. The lowest BCUT2D eigenvalue weighted by atomic mass is 10.1. The van der Waals surface area contributed by atoms with Crippen molar-refractivity contribution < 1.29 is 41.0 Å². The minimum absolute atomic E-state index is 0.0117. The predicted octanol–water partition coefficient (Wildman–Crippen LogP) is 3.92. The summed E-state index contributed by atoms with van der Waals surface area (Å²) in [6, 6.07) is 7.79. The van der Waals surface area contributed by atoms with Crippen LogP contribution in [0.3, 0.4) is 0 Å². The molecule has 0 saturated carbocycles. The number of ether oxygens (including phenoxy) is 3. The molecule has 0 aliphatic heterocycles. The Morgan fingerprint density at radius 1 is 1.00 bits per heavy atom. The first-order valence-electron chi connectivity index (χ1n) is 8.48. The van der Waals surface area contributed by atoms with Crippen LogP contribution in [0.4, 0.5) is 22.0 Å².